The van der Waals surface area contributed by atoms with Crippen LogP contribution in [0.3, 0.4) is 0 Å². The Bertz CT molecular complexity index is 886. The minimum Gasteiger partial charge on any atom is -0.284 e. The summed E-state index contributed by atoms with van der Waals surface area (Å²) in [4.78, 5) is 0. The van der Waals surface area contributed by atoms with Crippen LogP contribution in [0.1, 0.15) is 13.3 Å². The van der Waals surface area contributed by atoms with Gasteiger partial charge < -0.3 is 0 Å². The van der Waals surface area contributed by atoms with Crippen LogP contribution in [0.15, 0.2) is 48.5 Å². The number of nitrogens with zero attached hydrogens (tertiary/aromatic N) is 1. The van der Waals surface area contributed by atoms with Gasteiger partial charge in [-0.1, -0.05) is 37.3 Å². The minimum absolute atomic E-state index is 0.113. The van der Waals surface area contributed by atoms with E-state index in [9.17, 15) is 8.42 Å². The molecule has 0 atom stereocenters. The van der Waals surface area contributed by atoms with Crippen molar-refractivity contribution in [3.63, 3.8) is 0 Å². The zero-order valence-electron chi connectivity index (χ0n) is 12.2. The van der Waals surface area contributed by atoms with Crippen molar-refractivity contribution in [2.45, 2.75) is 13.3 Å². The Morgan fingerprint density at radius 3 is 2.64 bits per heavy atom. The molecule has 114 valence electrons. The average molecular weight is 315 g/mol. The monoisotopic (exact) mass is 315 g/mol. The standard InChI is InChI=1S/C16H17N3O2S/c1-2-10-22(20,21)19-13-8-9-15-14(11-13)16(18-17-15)12-6-4-3-5-7-12/h3-9,11,19H,2,10H2,1H3,(H,17,18). The first-order chi connectivity index (χ1) is 10.6. The molecule has 0 saturated heterocycles. The quantitative estimate of drug-likeness (QED) is 0.758. The van der Waals surface area contributed by atoms with E-state index in [0.717, 1.165) is 22.2 Å². The molecule has 0 aliphatic carbocycles. The van der Waals surface area contributed by atoms with Crippen LogP contribution in [-0.2, 0) is 10.0 Å². The van der Waals surface area contributed by atoms with Crippen LogP contribution in [0.25, 0.3) is 22.2 Å². The third kappa shape index (κ3) is 2.96. The van der Waals surface area contributed by atoms with E-state index in [4.69, 9.17) is 0 Å². The van der Waals surface area contributed by atoms with Gasteiger partial charge in [-0.25, -0.2) is 8.42 Å². The molecule has 0 aliphatic rings. The fourth-order valence-electron chi connectivity index (χ4n) is 2.39. The number of anilines is 1. The number of aromatic amines is 1. The normalized spacial score (nSPS) is 11.7. The lowest BCUT2D eigenvalue weighted by atomic mass is 10.1. The van der Waals surface area contributed by atoms with Gasteiger partial charge in [0.1, 0.15) is 0 Å². The summed E-state index contributed by atoms with van der Waals surface area (Å²) in [6, 6.07) is 15.2. The number of H-pyrrole nitrogens is 1. The first-order valence-electron chi connectivity index (χ1n) is 7.13. The fourth-order valence-corrected chi connectivity index (χ4v) is 3.52. The number of nitrogens with one attached hydrogen (secondary N) is 2. The summed E-state index contributed by atoms with van der Waals surface area (Å²) in [7, 11) is -3.29. The molecule has 3 aromatic rings. The minimum atomic E-state index is -3.29. The van der Waals surface area contributed by atoms with Gasteiger partial charge in [0.15, 0.2) is 0 Å². The number of sulfonamides is 1. The summed E-state index contributed by atoms with van der Waals surface area (Å²) in [5.41, 5.74) is 3.23. The molecule has 0 fully saturated rings. The maximum Gasteiger partial charge on any atom is 0.232 e. The summed E-state index contributed by atoms with van der Waals surface area (Å²) in [5, 5.41) is 8.20. The van der Waals surface area contributed by atoms with E-state index >= 15 is 0 Å². The van der Waals surface area contributed by atoms with E-state index in [2.05, 4.69) is 14.9 Å². The van der Waals surface area contributed by atoms with E-state index < -0.39 is 10.0 Å². The van der Waals surface area contributed by atoms with Crippen LogP contribution < -0.4 is 4.72 Å². The molecule has 5 nitrogen and oxygen atoms in total. The average Bonchev–Trinajstić information content (AvgIpc) is 2.90. The highest BCUT2D eigenvalue weighted by Gasteiger charge is 2.12. The number of hydrogen-bond acceptors (Lipinski definition) is 3. The molecule has 22 heavy (non-hydrogen) atoms. The number of fused-ring (bicyclic) bond motifs is 1. The predicted octanol–water partition coefficient (Wildman–Crippen LogP) is 3.38. The highest BCUT2D eigenvalue weighted by molar-refractivity contribution is 7.92. The molecular weight excluding hydrogens is 298 g/mol. The van der Waals surface area contributed by atoms with Crippen LogP contribution in [0, 0.1) is 0 Å². The van der Waals surface area contributed by atoms with Gasteiger partial charge in [0, 0.05) is 16.6 Å². The molecule has 0 saturated carbocycles. The van der Waals surface area contributed by atoms with Crippen LogP contribution in [-0.4, -0.2) is 24.4 Å². The number of hydrogen-bond donors (Lipinski definition) is 2. The molecule has 0 unspecified atom stereocenters. The largest absolute Gasteiger partial charge is 0.284 e. The van der Waals surface area contributed by atoms with Crippen LogP contribution >= 0.6 is 0 Å². The van der Waals surface area contributed by atoms with Crippen molar-refractivity contribution in [3.05, 3.63) is 48.5 Å². The second-order valence-electron chi connectivity index (χ2n) is 5.12. The molecule has 0 bridgehead atoms. The summed E-state index contributed by atoms with van der Waals surface area (Å²) in [5.74, 6) is 0.113. The summed E-state index contributed by atoms with van der Waals surface area (Å²) in [6.45, 7) is 1.84. The van der Waals surface area contributed by atoms with Gasteiger partial charge in [0.05, 0.1) is 17.0 Å². The zero-order chi connectivity index (χ0) is 15.6. The van der Waals surface area contributed by atoms with E-state index in [-0.39, 0.29) is 5.75 Å². The molecule has 0 amide bonds. The first kappa shape index (κ1) is 14.6. The Morgan fingerprint density at radius 2 is 1.91 bits per heavy atom. The zero-order valence-corrected chi connectivity index (χ0v) is 13.0. The molecule has 2 N–H and O–H groups in total. The molecule has 1 heterocycles. The van der Waals surface area contributed by atoms with Gasteiger partial charge in [0.25, 0.3) is 0 Å². The van der Waals surface area contributed by atoms with Gasteiger partial charge in [-0.05, 0) is 24.6 Å². The Hall–Kier alpha value is -2.34. The van der Waals surface area contributed by atoms with Crippen LogP contribution in [0.4, 0.5) is 5.69 Å². The highest BCUT2D eigenvalue weighted by atomic mass is 32.2. The van der Waals surface area contributed by atoms with Crippen molar-refractivity contribution in [2.75, 3.05) is 10.5 Å². The lowest BCUT2D eigenvalue weighted by Crippen LogP contribution is -2.15. The van der Waals surface area contributed by atoms with Gasteiger partial charge >= 0.3 is 0 Å². The molecular formula is C16H17N3O2S. The maximum absolute atomic E-state index is 11.9. The highest BCUT2D eigenvalue weighted by Crippen LogP contribution is 2.28. The van der Waals surface area contributed by atoms with Gasteiger partial charge in [-0.2, -0.15) is 5.10 Å². The Labute approximate surface area is 129 Å². The third-order valence-electron chi connectivity index (χ3n) is 3.36. The molecule has 2 aromatic carbocycles. The van der Waals surface area contributed by atoms with Crippen molar-refractivity contribution in [3.8, 4) is 11.3 Å². The van der Waals surface area contributed by atoms with E-state index in [0.29, 0.717) is 12.1 Å². The van der Waals surface area contributed by atoms with Crippen molar-refractivity contribution in [1.82, 2.24) is 10.2 Å². The Kier molecular flexibility index (Phi) is 3.85. The molecule has 0 aliphatic heterocycles. The lowest BCUT2D eigenvalue weighted by molar-refractivity contribution is 0.600. The number of benzene rings is 2. The van der Waals surface area contributed by atoms with Crippen LogP contribution in [0.5, 0.6) is 0 Å². The molecule has 3 rings (SSSR count). The summed E-state index contributed by atoms with van der Waals surface area (Å²) in [6.07, 6.45) is 0.582. The second-order valence-corrected chi connectivity index (χ2v) is 6.96. The third-order valence-corrected chi connectivity index (χ3v) is 4.85. The molecule has 1 aromatic heterocycles. The second kappa shape index (κ2) is 5.81. The smallest absolute Gasteiger partial charge is 0.232 e. The maximum atomic E-state index is 11.9. The summed E-state index contributed by atoms with van der Waals surface area (Å²) < 4.78 is 26.4. The molecule has 0 spiro atoms. The fraction of sp³-hybridized carbons (Fsp3) is 0.188. The van der Waals surface area contributed by atoms with Gasteiger partial charge in [-0.15, -0.1) is 0 Å². The Morgan fingerprint density at radius 1 is 1.14 bits per heavy atom. The van der Waals surface area contributed by atoms with Crippen molar-refractivity contribution >= 4 is 26.6 Å². The molecule has 0 radical (unpaired) electrons. The van der Waals surface area contributed by atoms with Crippen molar-refractivity contribution in [2.24, 2.45) is 0 Å². The van der Waals surface area contributed by atoms with Crippen LogP contribution in [0.2, 0.25) is 0 Å². The van der Waals surface area contributed by atoms with Gasteiger partial charge in [-0.3, -0.25) is 9.82 Å². The number of aromatic nitrogens is 2. The van der Waals surface area contributed by atoms with Crippen molar-refractivity contribution in [1.29, 1.82) is 0 Å². The van der Waals surface area contributed by atoms with E-state index in [1.165, 1.54) is 0 Å². The number of rotatable bonds is 5. The summed E-state index contributed by atoms with van der Waals surface area (Å²) >= 11 is 0. The topological polar surface area (TPSA) is 74.8 Å². The van der Waals surface area contributed by atoms with Crippen molar-refractivity contribution < 1.29 is 8.42 Å². The SMILES string of the molecule is CCCS(=O)(=O)Nc1ccc2[nH]nc(-c3ccccc3)c2c1. The van der Waals surface area contributed by atoms with E-state index in [1.54, 1.807) is 6.07 Å². The predicted molar refractivity (Wildman–Crippen MR) is 89.2 cm³/mol. The molecule has 6 heteroatoms. The van der Waals surface area contributed by atoms with E-state index in [1.807, 2.05) is 49.4 Å². The first-order valence-corrected chi connectivity index (χ1v) is 8.78. The lowest BCUT2D eigenvalue weighted by Gasteiger charge is -2.07. The van der Waals surface area contributed by atoms with Gasteiger partial charge in [0.2, 0.25) is 10.0 Å². The Balaban J connectivity index is 2.02.